The molecule has 6 nitrogen and oxygen atoms in total. The van der Waals surface area contributed by atoms with Crippen LogP contribution in [0.1, 0.15) is 0 Å². The van der Waals surface area contributed by atoms with E-state index in [9.17, 15) is 13.2 Å². The summed E-state index contributed by atoms with van der Waals surface area (Å²) in [4.78, 5) is 10.1. The van der Waals surface area contributed by atoms with Gasteiger partial charge in [0.2, 0.25) is 5.88 Å². The van der Waals surface area contributed by atoms with E-state index in [0.717, 1.165) is 6.07 Å². The van der Waals surface area contributed by atoms with Crippen LogP contribution in [0, 0.1) is 0 Å². The van der Waals surface area contributed by atoms with Crippen LogP contribution in [0.2, 0.25) is 0 Å². The summed E-state index contributed by atoms with van der Waals surface area (Å²) >= 11 is 0. The molecule has 0 fully saturated rings. The number of benzene rings is 1. The van der Waals surface area contributed by atoms with E-state index in [1.807, 2.05) is 0 Å². The molecule has 0 radical (unpaired) electrons. The minimum atomic E-state index is -4.77. The number of anilines is 3. The van der Waals surface area contributed by atoms with Crippen molar-refractivity contribution < 1.29 is 22.6 Å². The normalized spacial score (nSPS) is 11.1. The van der Waals surface area contributed by atoms with Crippen molar-refractivity contribution in [2.75, 3.05) is 17.7 Å². The Hall–Kier alpha value is -3.49. The number of hydrogen-bond donors (Lipinski definition) is 1. The van der Waals surface area contributed by atoms with Crippen LogP contribution in [-0.2, 0) is 0 Å². The van der Waals surface area contributed by atoms with Crippen molar-refractivity contribution in [2.24, 2.45) is 0 Å². The van der Waals surface area contributed by atoms with E-state index in [4.69, 9.17) is 10.5 Å². The topological polar surface area (TPSA) is 73.5 Å². The molecule has 0 unspecified atom stereocenters. The van der Waals surface area contributed by atoms with Gasteiger partial charge in [-0.1, -0.05) is 6.07 Å². The van der Waals surface area contributed by atoms with Gasteiger partial charge in [-0.25, -0.2) is 9.97 Å². The molecule has 0 aliphatic heterocycles. The smallest absolute Gasteiger partial charge is 0.439 e. The summed E-state index contributed by atoms with van der Waals surface area (Å²) in [7, 11) is 1.79. The van der Waals surface area contributed by atoms with Gasteiger partial charge in [0, 0.05) is 25.4 Å². The number of halogens is 3. The third-order valence-electron chi connectivity index (χ3n) is 3.50. The van der Waals surface area contributed by atoms with Crippen molar-refractivity contribution in [3.8, 4) is 17.4 Å². The van der Waals surface area contributed by atoms with Gasteiger partial charge in [-0.3, -0.25) is 0 Å². The lowest BCUT2D eigenvalue weighted by Crippen LogP contribution is -2.17. The number of nitrogens with two attached hydrogens (primary N) is 1. The van der Waals surface area contributed by atoms with Crippen molar-refractivity contribution >= 4 is 17.2 Å². The first-order chi connectivity index (χ1) is 12.8. The van der Waals surface area contributed by atoms with Crippen molar-refractivity contribution in [3.63, 3.8) is 0 Å². The van der Waals surface area contributed by atoms with Gasteiger partial charge in [0.05, 0.1) is 17.6 Å². The number of nitrogens with zero attached hydrogens (tertiary/aromatic N) is 3. The molecule has 140 valence electrons. The number of alkyl halides is 3. The van der Waals surface area contributed by atoms with Crippen LogP contribution in [0.3, 0.4) is 0 Å². The van der Waals surface area contributed by atoms with E-state index in [0.29, 0.717) is 17.2 Å². The average molecular weight is 376 g/mol. The highest BCUT2D eigenvalue weighted by Crippen LogP contribution is 2.30. The van der Waals surface area contributed by atoms with E-state index in [-0.39, 0.29) is 17.4 Å². The van der Waals surface area contributed by atoms with Crippen molar-refractivity contribution in [2.45, 2.75) is 6.36 Å². The maximum atomic E-state index is 12.3. The Morgan fingerprint density at radius 1 is 1.00 bits per heavy atom. The second-order valence-electron chi connectivity index (χ2n) is 5.45. The quantitative estimate of drug-likeness (QED) is 0.706. The zero-order valence-corrected chi connectivity index (χ0v) is 14.1. The van der Waals surface area contributed by atoms with Crippen LogP contribution in [0.5, 0.6) is 17.4 Å². The lowest BCUT2D eigenvalue weighted by atomic mass is 10.3. The number of ether oxygens (including phenoxy) is 2. The number of rotatable bonds is 5. The van der Waals surface area contributed by atoms with Crippen LogP contribution in [0.15, 0.2) is 60.9 Å². The van der Waals surface area contributed by atoms with Gasteiger partial charge < -0.3 is 20.1 Å². The first-order valence-corrected chi connectivity index (χ1v) is 7.76. The number of hydrogen-bond acceptors (Lipinski definition) is 6. The fourth-order valence-electron chi connectivity index (χ4n) is 2.30. The molecule has 3 aromatic rings. The van der Waals surface area contributed by atoms with Crippen molar-refractivity contribution in [1.29, 1.82) is 0 Å². The Morgan fingerprint density at radius 3 is 2.44 bits per heavy atom. The van der Waals surface area contributed by atoms with E-state index in [1.165, 1.54) is 18.2 Å². The number of nitrogen functional groups attached to an aromatic ring is 1. The third kappa shape index (κ3) is 4.78. The molecule has 2 aromatic heterocycles. The highest BCUT2D eigenvalue weighted by molar-refractivity contribution is 5.69. The first kappa shape index (κ1) is 18.3. The largest absolute Gasteiger partial charge is 0.573 e. The Balaban J connectivity index is 1.73. The lowest BCUT2D eigenvalue weighted by molar-refractivity contribution is -0.274. The summed E-state index contributed by atoms with van der Waals surface area (Å²) < 4.78 is 46.2. The zero-order valence-electron chi connectivity index (χ0n) is 14.1. The first-order valence-electron chi connectivity index (χ1n) is 7.76. The Kier molecular flexibility index (Phi) is 5.02. The molecule has 0 atom stereocenters. The molecule has 0 aliphatic carbocycles. The van der Waals surface area contributed by atoms with E-state index in [2.05, 4.69) is 14.7 Å². The molecule has 9 heteroatoms. The summed E-state index contributed by atoms with van der Waals surface area (Å²) in [6.07, 6.45) is -1.60. The van der Waals surface area contributed by atoms with Gasteiger partial charge in [0.25, 0.3) is 0 Å². The Morgan fingerprint density at radius 2 is 1.78 bits per heavy atom. The highest BCUT2D eigenvalue weighted by atomic mass is 19.4. The molecule has 0 saturated heterocycles. The van der Waals surface area contributed by atoms with E-state index < -0.39 is 6.36 Å². The Bertz CT molecular complexity index is 917. The lowest BCUT2D eigenvalue weighted by Gasteiger charge is -2.19. The van der Waals surface area contributed by atoms with E-state index in [1.54, 1.807) is 48.6 Å². The average Bonchev–Trinajstić information content (AvgIpc) is 2.61. The molecule has 3 rings (SSSR count). The highest BCUT2D eigenvalue weighted by Gasteiger charge is 2.31. The SMILES string of the molecule is CN(c1ccc(Oc2cccc(OC(F)(F)F)c2)nc1)c1ncccc1N. The van der Waals surface area contributed by atoms with Gasteiger partial charge in [-0.2, -0.15) is 0 Å². The number of aromatic nitrogens is 2. The maximum absolute atomic E-state index is 12.3. The third-order valence-corrected chi connectivity index (χ3v) is 3.50. The minimum absolute atomic E-state index is 0.166. The fraction of sp³-hybridized carbons (Fsp3) is 0.111. The predicted molar refractivity (Wildman–Crippen MR) is 94.1 cm³/mol. The zero-order chi connectivity index (χ0) is 19.4. The molecule has 0 aliphatic rings. The van der Waals surface area contributed by atoms with Gasteiger partial charge >= 0.3 is 6.36 Å². The summed E-state index contributed by atoms with van der Waals surface area (Å²) in [5.74, 6) is 0.580. The van der Waals surface area contributed by atoms with Crippen LogP contribution in [0.25, 0.3) is 0 Å². The second kappa shape index (κ2) is 7.40. The molecule has 27 heavy (non-hydrogen) atoms. The van der Waals surface area contributed by atoms with Gasteiger partial charge in [0.1, 0.15) is 11.5 Å². The number of pyridine rings is 2. The molecule has 2 N–H and O–H groups in total. The van der Waals surface area contributed by atoms with Crippen LogP contribution < -0.4 is 20.1 Å². The molecule has 0 amide bonds. The summed E-state index contributed by atoms with van der Waals surface area (Å²) in [5, 5.41) is 0. The maximum Gasteiger partial charge on any atom is 0.573 e. The fourth-order valence-corrected chi connectivity index (χ4v) is 2.30. The molecule has 1 aromatic carbocycles. The summed E-state index contributed by atoms with van der Waals surface area (Å²) in [6.45, 7) is 0. The molecular formula is C18H15F3N4O2. The standard InChI is InChI=1S/C18H15F3N4O2/c1-25(17-15(22)6-3-9-23-17)12-7-8-16(24-11-12)26-13-4-2-5-14(10-13)27-18(19,20)21/h2-11H,22H2,1H3. The molecule has 0 bridgehead atoms. The molecule has 2 heterocycles. The second-order valence-corrected chi connectivity index (χ2v) is 5.45. The van der Waals surface area contributed by atoms with Crippen molar-refractivity contribution in [1.82, 2.24) is 9.97 Å². The van der Waals surface area contributed by atoms with Gasteiger partial charge in [0.15, 0.2) is 5.82 Å². The van der Waals surface area contributed by atoms with Crippen LogP contribution >= 0.6 is 0 Å². The summed E-state index contributed by atoms with van der Waals surface area (Å²) in [6, 6.07) is 12.0. The predicted octanol–water partition coefficient (Wildman–Crippen LogP) is 4.52. The van der Waals surface area contributed by atoms with Crippen LogP contribution in [0.4, 0.5) is 30.4 Å². The minimum Gasteiger partial charge on any atom is -0.439 e. The monoisotopic (exact) mass is 376 g/mol. The molecule has 0 saturated carbocycles. The van der Waals surface area contributed by atoms with Gasteiger partial charge in [-0.05, 0) is 30.3 Å². The van der Waals surface area contributed by atoms with E-state index >= 15 is 0 Å². The van der Waals surface area contributed by atoms with Crippen LogP contribution in [-0.4, -0.2) is 23.4 Å². The molecular weight excluding hydrogens is 361 g/mol. The van der Waals surface area contributed by atoms with Gasteiger partial charge in [-0.15, -0.1) is 13.2 Å². The summed E-state index contributed by atoms with van der Waals surface area (Å²) in [5.41, 5.74) is 7.13. The van der Waals surface area contributed by atoms with Crippen molar-refractivity contribution in [3.05, 3.63) is 60.9 Å². The molecule has 0 spiro atoms. The Labute approximate surface area is 153 Å².